The molecule has 0 radical (unpaired) electrons. The van der Waals surface area contributed by atoms with Crippen molar-refractivity contribution in [3.63, 3.8) is 0 Å². The number of carboxylic acid groups (broad SMARTS) is 1. The largest absolute Gasteiger partial charge is 0.480 e. The molecule has 3 atom stereocenters. The second kappa shape index (κ2) is 5.49. The summed E-state index contributed by atoms with van der Waals surface area (Å²) in [4.78, 5) is 23.0. The van der Waals surface area contributed by atoms with E-state index in [0.717, 1.165) is 0 Å². The van der Waals surface area contributed by atoms with Gasteiger partial charge in [0.2, 0.25) is 5.91 Å². The van der Waals surface area contributed by atoms with Crippen molar-refractivity contribution in [3.8, 4) is 0 Å². The number of carbonyl (C=O) groups excluding carboxylic acids is 1. The summed E-state index contributed by atoms with van der Waals surface area (Å²) in [6, 6.07) is 0. The maximum atomic E-state index is 11.8. The number of hydrogen-bond acceptors (Lipinski definition) is 3. The second-order valence-corrected chi connectivity index (χ2v) is 4.71. The van der Waals surface area contributed by atoms with Crippen LogP contribution in [0.15, 0.2) is 0 Å². The minimum Gasteiger partial charge on any atom is -0.480 e. The average molecular weight is 243 g/mol. The van der Waals surface area contributed by atoms with Gasteiger partial charge in [-0.05, 0) is 26.7 Å². The Morgan fingerprint density at radius 1 is 1.47 bits per heavy atom. The number of carboxylic acids is 1. The molecular weight excluding hydrogens is 222 g/mol. The van der Waals surface area contributed by atoms with E-state index in [-0.39, 0.29) is 17.9 Å². The first-order chi connectivity index (χ1) is 7.94. The molecule has 98 valence electrons. The van der Waals surface area contributed by atoms with Crippen LogP contribution in [-0.4, -0.2) is 35.2 Å². The van der Waals surface area contributed by atoms with Crippen LogP contribution in [0.1, 0.15) is 40.0 Å². The molecule has 1 amide bonds. The fourth-order valence-corrected chi connectivity index (χ4v) is 1.93. The summed E-state index contributed by atoms with van der Waals surface area (Å²) < 4.78 is 5.31. The van der Waals surface area contributed by atoms with Crippen molar-refractivity contribution in [2.75, 3.05) is 6.61 Å². The highest BCUT2D eigenvalue weighted by Crippen LogP contribution is 2.34. The van der Waals surface area contributed by atoms with Crippen molar-refractivity contribution in [1.82, 2.24) is 5.32 Å². The molecule has 0 aromatic heterocycles. The van der Waals surface area contributed by atoms with E-state index in [1.807, 2.05) is 13.8 Å². The third-order valence-electron chi connectivity index (χ3n) is 3.07. The van der Waals surface area contributed by atoms with Gasteiger partial charge in [0, 0.05) is 6.61 Å². The molecular formula is C12H21NO4. The number of hydrogen-bond donors (Lipinski definition) is 2. The lowest BCUT2D eigenvalue weighted by molar-refractivity contribution is -0.147. The van der Waals surface area contributed by atoms with Crippen molar-refractivity contribution in [1.29, 1.82) is 0 Å². The molecule has 5 nitrogen and oxygen atoms in total. The van der Waals surface area contributed by atoms with E-state index in [2.05, 4.69) is 5.32 Å². The molecule has 0 aliphatic heterocycles. The summed E-state index contributed by atoms with van der Waals surface area (Å²) in [7, 11) is 0. The number of ether oxygens (including phenoxy) is 1. The zero-order valence-corrected chi connectivity index (χ0v) is 10.7. The predicted molar refractivity (Wildman–Crippen MR) is 62.6 cm³/mol. The van der Waals surface area contributed by atoms with Gasteiger partial charge in [-0.1, -0.05) is 13.3 Å². The van der Waals surface area contributed by atoms with Gasteiger partial charge in [0.15, 0.2) is 0 Å². The molecule has 1 aliphatic carbocycles. The van der Waals surface area contributed by atoms with Gasteiger partial charge in [-0.2, -0.15) is 0 Å². The van der Waals surface area contributed by atoms with Crippen LogP contribution < -0.4 is 5.32 Å². The van der Waals surface area contributed by atoms with Gasteiger partial charge < -0.3 is 15.2 Å². The van der Waals surface area contributed by atoms with Crippen LogP contribution in [0.2, 0.25) is 0 Å². The van der Waals surface area contributed by atoms with E-state index in [0.29, 0.717) is 25.9 Å². The fraction of sp³-hybridized carbons (Fsp3) is 0.833. The number of nitrogens with one attached hydrogen (secondary N) is 1. The summed E-state index contributed by atoms with van der Waals surface area (Å²) >= 11 is 0. The molecule has 1 aliphatic rings. The molecule has 0 heterocycles. The summed E-state index contributed by atoms with van der Waals surface area (Å²) in [5.41, 5.74) is -1.16. The Labute approximate surface area is 102 Å². The predicted octanol–water partition coefficient (Wildman–Crippen LogP) is 1.17. The first-order valence-electron chi connectivity index (χ1n) is 6.11. The zero-order valence-electron chi connectivity index (χ0n) is 10.7. The molecule has 1 rings (SSSR count). The monoisotopic (exact) mass is 243 g/mol. The normalized spacial score (nSPS) is 26.1. The Kier molecular flexibility index (Phi) is 4.51. The minimum absolute atomic E-state index is 0.0281. The standard InChI is InChI=1S/C12H21NO4/c1-4-6-12(3,11(15)16)13-10(14)8-7-9(8)17-5-2/h8-9H,4-7H2,1-3H3,(H,13,14)(H,15,16). The van der Waals surface area contributed by atoms with E-state index in [9.17, 15) is 9.59 Å². The Morgan fingerprint density at radius 2 is 2.12 bits per heavy atom. The van der Waals surface area contributed by atoms with E-state index < -0.39 is 11.5 Å². The highest BCUT2D eigenvalue weighted by atomic mass is 16.5. The van der Waals surface area contributed by atoms with Crippen LogP contribution in [0.5, 0.6) is 0 Å². The van der Waals surface area contributed by atoms with Crippen LogP contribution >= 0.6 is 0 Å². The van der Waals surface area contributed by atoms with Crippen LogP contribution in [0.3, 0.4) is 0 Å². The van der Waals surface area contributed by atoms with Crippen LogP contribution in [0.4, 0.5) is 0 Å². The highest BCUT2D eigenvalue weighted by Gasteiger charge is 2.46. The fourth-order valence-electron chi connectivity index (χ4n) is 1.93. The molecule has 1 fully saturated rings. The van der Waals surface area contributed by atoms with Crippen molar-refractivity contribution in [2.45, 2.75) is 51.7 Å². The Morgan fingerprint density at radius 3 is 2.59 bits per heavy atom. The van der Waals surface area contributed by atoms with Gasteiger partial charge >= 0.3 is 5.97 Å². The smallest absolute Gasteiger partial charge is 0.329 e. The highest BCUT2D eigenvalue weighted by molar-refractivity contribution is 5.89. The summed E-state index contributed by atoms with van der Waals surface area (Å²) in [5, 5.41) is 11.8. The van der Waals surface area contributed by atoms with Gasteiger partial charge in [0.05, 0.1) is 12.0 Å². The SMILES string of the molecule is CCCC(C)(NC(=O)C1CC1OCC)C(=O)O. The Bertz CT molecular complexity index is 305. The van der Waals surface area contributed by atoms with Gasteiger partial charge in [-0.25, -0.2) is 4.79 Å². The second-order valence-electron chi connectivity index (χ2n) is 4.71. The molecule has 0 aromatic carbocycles. The third-order valence-corrected chi connectivity index (χ3v) is 3.07. The van der Waals surface area contributed by atoms with Gasteiger partial charge in [0.1, 0.15) is 5.54 Å². The van der Waals surface area contributed by atoms with Crippen molar-refractivity contribution >= 4 is 11.9 Å². The van der Waals surface area contributed by atoms with Crippen LogP contribution in [0, 0.1) is 5.92 Å². The van der Waals surface area contributed by atoms with Crippen molar-refractivity contribution in [2.24, 2.45) is 5.92 Å². The lowest BCUT2D eigenvalue weighted by Crippen LogP contribution is -2.52. The van der Waals surface area contributed by atoms with Gasteiger partial charge in [-0.3, -0.25) is 4.79 Å². The van der Waals surface area contributed by atoms with Crippen LogP contribution in [0.25, 0.3) is 0 Å². The summed E-state index contributed by atoms with van der Waals surface area (Å²) in [5.74, 6) is -1.37. The third kappa shape index (κ3) is 3.43. The Hall–Kier alpha value is -1.10. The maximum absolute atomic E-state index is 11.8. The van der Waals surface area contributed by atoms with Crippen molar-refractivity contribution in [3.05, 3.63) is 0 Å². The molecule has 0 bridgehead atoms. The maximum Gasteiger partial charge on any atom is 0.329 e. The number of amides is 1. The molecule has 5 heteroatoms. The molecule has 3 unspecified atom stereocenters. The average Bonchev–Trinajstić information content (AvgIpc) is 2.98. The quantitative estimate of drug-likeness (QED) is 0.703. The van der Waals surface area contributed by atoms with Gasteiger partial charge in [0.25, 0.3) is 0 Å². The number of carbonyl (C=O) groups is 2. The van der Waals surface area contributed by atoms with E-state index in [1.54, 1.807) is 6.92 Å². The van der Waals surface area contributed by atoms with Crippen molar-refractivity contribution < 1.29 is 19.4 Å². The number of rotatable bonds is 7. The van der Waals surface area contributed by atoms with E-state index in [1.165, 1.54) is 0 Å². The molecule has 1 saturated carbocycles. The molecule has 0 saturated heterocycles. The summed E-state index contributed by atoms with van der Waals surface area (Å²) in [6.45, 7) is 5.91. The topological polar surface area (TPSA) is 75.6 Å². The zero-order chi connectivity index (χ0) is 13.1. The first-order valence-corrected chi connectivity index (χ1v) is 6.11. The molecule has 0 aromatic rings. The minimum atomic E-state index is -1.16. The lowest BCUT2D eigenvalue weighted by Gasteiger charge is -2.25. The Balaban J connectivity index is 2.52. The van der Waals surface area contributed by atoms with E-state index >= 15 is 0 Å². The lowest BCUT2D eigenvalue weighted by atomic mass is 9.96. The van der Waals surface area contributed by atoms with Crippen LogP contribution in [-0.2, 0) is 14.3 Å². The molecule has 2 N–H and O–H groups in total. The van der Waals surface area contributed by atoms with Gasteiger partial charge in [-0.15, -0.1) is 0 Å². The number of aliphatic carboxylic acids is 1. The van der Waals surface area contributed by atoms with E-state index in [4.69, 9.17) is 9.84 Å². The molecule has 0 spiro atoms. The summed E-state index contributed by atoms with van der Waals surface area (Å²) in [6.07, 6.45) is 1.81. The molecule has 17 heavy (non-hydrogen) atoms. The first kappa shape index (κ1) is 14.0.